The molecule has 1 N–H and O–H groups in total. The number of rotatable bonds is 6. The van der Waals surface area contributed by atoms with Crippen LogP contribution in [0.3, 0.4) is 0 Å². The highest BCUT2D eigenvalue weighted by Crippen LogP contribution is 2.11. The predicted molar refractivity (Wildman–Crippen MR) is 111 cm³/mol. The molecule has 3 rings (SSSR count). The molecule has 2 aromatic carbocycles. The van der Waals surface area contributed by atoms with Crippen molar-refractivity contribution in [2.24, 2.45) is 0 Å². The van der Waals surface area contributed by atoms with Crippen molar-refractivity contribution in [1.29, 1.82) is 0 Å². The van der Waals surface area contributed by atoms with Crippen molar-refractivity contribution >= 4 is 5.91 Å². The van der Waals surface area contributed by atoms with E-state index < -0.39 is 0 Å². The largest absolute Gasteiger partial charge is 0.348 e. The van der Waals surface area contributed by atoms with Gasteiger partial charge in [-0.15, -0.1) is 0 Å². The van der Waals surface area contributed by atoms with Crippen molar-refractivity contribution in [2.45, 2.75) is 33.4 Å². The lowest BCUT2D eigenvalue weighted by molar-refractivity contribution is 0.0900. The Morgan fingerprint density at radius 3 is 2.30 bits per heavy atom. The van der Waals surface area contributed by atoms with Crippen LogP contribution in [0.1, 0.15) is 34.0 Å². The SMILES string of the molecule is Cc1ccc(C(=O)N[C@@H](C)CN2CCN(Cc3ccccc3)CC2)cc1C. The van der Waals surface area contributed by atoms with Gasteiger partial charge in [0.05, 0.1) is 0 Å². The van der Waals surface area contributed by atoms with E-state index in [1.807, 2.05) is 25.1 Å². The van der Waals surface area contributed by atoms with Gasteiger partial charge in [0, 0.05) is 50.9 Å². The first kappa shape index (κ1) is 19.6. The molecule has 4 nitrogen and oxygen atoms in total. The van der Waals surface area contributed by atoms with Crippen molar-refractivity contribution in [3.05, 3.63) is 70.8 Å². The van der Waals surface area contributed by atoms with Gasteiger partial charge < -0.3 is 5.32 Å². The molecule has 1 heterocycles. The van der Waals surface area contributed by atoms with Gasteiger partial charge in [0.25, 0.3) is 5.91 Å². The summed E-state index contributed by atoms with van der Waals surface area (Å²) in [4.78, 5) is 17.4. The average Bonchev–Trinajstić information content (AvgIpc) is 2.66. The Morgan fingerprint density at radius 1 is 0.963 bits per heavy atom. The highest BCUT2D eigenvalue weighted by molar-refractivity contribution is 5.94. The number of piperazine rings is 1. The fourth-order valence-electron chi connectivity index (χ4n) is 3.59. The highest BCUT2D eigenvalue weighted by Gasteiger charge is 2.19. The smallest absolute Gasteiger partial charge is 0.251 e. The summed E-state index contributed by atoms with van der Waals surface area (Å²) in [6, 6.07) is 16.7. The number of amides is 1. The molecule has 1 fully saturated rings. The van der Waals surface area contributed by atoms with Crippen LogP contribution in [-0.2, 0) is 6.54 Å². The molecular weight excluding hydrogens is 334 g/mol. The number of hydrogen-bond donors (Lipinski definition) is 1. The molecule has 0 saturated carbocycles. The number of hydrogen-bond acceptors (Lipinski definition) is 3. The fourth-order valence-corrected chi connectivity index (χ4v) is 3.59. The second kappa shape index (κ2) is 9.16. The molecule has 0 unspecified atom stereocenters. The number of nitrogens with zero attached hydrogens (tertiary/aromatic N) is 2. The van der Waals surface area contributed by atoms with Crippen LogP contribution in [0.4, 0.5) is 0 Å². The van der Waals surface area contributed by atoms with Crippen LogP contribution >= 0.6 is 0 Å². The topological polar surface area (TPSA) is 35.6 Å². The summed E-state index contributed by atoms with van der Waals surface area (Å²) >= 11 is 0. The van der Waals surface area contributed by atoms with Gasteiger partial charge in [-0.25, -0.2) is 0 Å². The molecule has 1 saturated heterocycles. The number of aryl methyl sites for hydroxylation is 2. The van der Waals surface area contributed by atoms with Crippen LogP contribution < -0.4 is 5.32 Å². The standard InChI is InChI=1S/C23H31N3O/c1-18-9-10-22(15-19(18)2)23(27)24-20(3)16-25-11-13-26(14-12-25)17-21-7-5-4-6-8-21/h4-10,15,20H,11-14,16-17H2,1-3H3,(H,24,27)/t20-/m0/s1. The maximum Gasteiger partial charge on any atom is 0.251 e. The van der Waals surface area contributed by atoms with Crippen LogP contribution in [0.25, 0.3) is 0 Å². The Kier molecular flexibility index (Phi) is 6.64. The zero-order valence-corrected chi connectivity index (χ0v) is 16.7. The number of carbonyl (C=O) groups is 1. The van der Waals surface area contributed by atoms with Crippen LogP contribution in [0.15, 0.2) is 48.5 Å². The lowest BCUT2D eigenvalue weighted by Crippen LogP contribution is -2.50. The van der Waals surface area contributed by atoms with E-state index in [0.717, 1.165) is 50.4 Å². The van der Waals surface area contributed by atoms with Crippen molar-refractivity contribution in [3.63, 3.8) is 0 Å². The highest BCUT2D eigenvalue weighted by atomic mass is 16.1. The number of benzene rings is 2. The summed E-state index contributed by atoms with van der Waals surface area (Å²) in [5.74, 6) is 0.0216. The number of nitrogens with one attached hydrogen (secondary N) is 1. The molecule has 1 aliphatic rings. The molecule has 1 amide bonds. The van der Waals surface area contributed by atoms with E-state index in [1.54, 1.807) is 0 Å². The zero-order valence-electron chi connectivity index (χ0n) is 16.7. The van der Waals surface area contributed by atoms with Crippen molar-refractivity contribution in [1.82, 2.24) is 15.1 Å². The van der Waals surface area contributed by atoms with E-state index >= 15 is 0 Å². The molecule has 1 aliphatic heterocycles. The predicted octanol–water partition coefficient (Wildman–Crippen LogP) is 3.24. The van der Waals surface area contributed by atoms with Crippen molar-refractivity contribution in [3.8, 4) is 0 Å². The summed E-state index contributed by atoms with van der Waals surface area (Å²) in [5, 5.41) is 3.15. The Morgan fingerprint density at radius 2 is 1.63 bits per heavy atom. The second-order valence-electron chi connectivity index (χ2n) is 7.74. The first-order valence-corrected chi connectivity index (χ1v) is 9.88. The minimum absolute atomic E-state index is 0.0216. The van der Waals surface area contributed by atoms with Gasteiger partial charge >= 0.3 is 0 Å². The number of carbonyl (C=O) groups excluding carboxylic acids is 1. The van der Waals surface area contributed by atoms with Crippen LogP contribution in [0, 0.1) is 13.8 Å². The summed E-state index contributed by atoms with van der Waals surface area (Å²) in [7, 11) is 0. The summed E-state index contributed by atoms with van der Waals surface area (Å²) in [6.07, 6.45) is 0. The second-order valence-corrected chi connectivity index (χ2v) is 7.74. The van der Waals surface area contributed by atoms with Gasteiger partial charge in [-0.2, -0.15) is 0 Å². The molecule has 2 aromatic rings. The molecule has 0 spiro atoms. The van der Waals surface area contributed by atoms with Crippen molar-refractivity contribution in [2.75, 3.05) is 32.7 Å². The molecule has 144 valence electrons. The van der Waals surface area contributed by atoms with Crippen molar-refractivity contribution < 1.29 is 4.79 Å². The Bertz CT molecular complexity index is 751. The third-order valence-electron chi connectivity index (χ3n) is 5.39. The molecule has 0 radical (unpaired) electrons. The zero-order chi connectivity index (χ0) is 19.2. The van der Waals surface area contributed by atoms with Crippen LogP contribution in [0.2, 0.25) is 0 Å². The van der Waals surface area contributed by atoms with Gasteiger partial charge in [0.1, 0.15) is 0 Å². The van der Waals surface area contributed by atoms with Gasteiger partial charge in [-0.1, -0.05) is 36.4 Å². The monoisotopic (exact) mass is 365 g/mol. The molecule has 27 heavy (non-hydrogen) atoms. The molecular formula is C23H31N3O. The molecule has 1 atom stereocenters. The quantitative estimate of drug-likeness (QED) is 0.854. The van der Waals surface area contributed by atoms with Gasteiger partial charge in [0.15, 0.2) is 0 Å². The Hall–Kier alpha value is -2.17. The molecule has 4 heteroatoms. The van der Waals surface area contributed by atoms with E-state index in [-0.39, 0.29) is 11.9 Å². The third-order valence-corrected chi connectivity index (χ3v) is 5.39. The Labute approximate surface area is 163 Å². The third kappa shape index (κ3) is 5.65. The van der Waals surface area contributed by atoms with Crippen LogP contribution in [0.5, 0.6) is 0 Å². The first-order chi connectivity index (χ1) is 13.0. The summed E-state index contributed by atoms with van der Waals surface area (Å²) in [5.41, 5.74) is 4.50. The molecule has 0 aromatic heterocycles. The lowest BCUT2D eigenvalue weighted by Gasteiger charge is -2.36. The molecule has 0 bridgehead atoms. The molecule has 0 aliphatic carbocycles. The maximum atomic E-state index is 12.5. The average molecular weight is 366 g/mol. The summed E-state index contributed by atoms with van der Waals surface area (Å²) < 4.78 is 0. The van der Waals surface area contributed by atoms with Gasteiger partial charge in [-0.3, -0.25) is 14.6 Å². The lowest BCUT2D eigenvalue weighted by atomic mass is 10.1. The van der Waals surface area contributed by atoms with Gasteiger partial charge in [-0.05, 0) is 49.6 Å². The fraction of sp³-hybridized carbons (Fsp3) is 0.435. The van der Waals surface area contributed by atoms with E-state index in [4.69, 9.17) is 0 Å². The summed E-state index contributed by atoms with van der Waals surface area (Å²) in [6.45, 7) is 12.4. The van der Waals surface area contributed by atoms with E-state index in [0.29, 0.717) is 0 Å². The van der Waals surface area contributed by atoms with E-state index in [9.17, 15) is 4.79 Å². The van der Waals surface area contributed by atoms with E-state index in [1.165, 1.54) is 11.1 Å². The van der Waals surface area contributed by atoms with Crippen LogP contribution in [-0.4, -0.2) is 54.5 Å². The van der Waals surface area contributed by atoms with E-state index in [2.05, 4.69) is 59.3 Å². The maximum absolute atomic E-state index is 12.5. The Balaban J connectivity index is 1.43. The minimum Gasteiger partial charge on any atom is -0.348 e. The van der Waals surface area contributed by atoms with Gasteiger partial charge in [0.2, 0.25) is 0 Å². The first-order valence-electron chi connectivity index (χ1n) is 9.88. The minimum atomic E-state index is 0.0216. The normalized spacial score (nSPS) is 16.9.